The van der Waals surface area contributed by atoms with Gasteiger partial charge >= 0.3 is 0 Å². The smallest absolute Gasteiger partial charge is 0.225 e. The molecule has 166 valence electrons. The van der Waals surface area contributed by atoms with Crippen molar-refractivity contribution in [2.24, 2.45) is 11.8 Å². The second-order valence-electron chi connectivity index (χ2n) is 8.94. The quantitative estimate of drug-likeness (QED) is 0.639. The highest BCUT2D eigenvalue weighted by molar-refractivity contribution is 5.81. The summed E-state index contributed by atoms with van der Waals surface area (Å²) in [7, 11) is 1.54. The molecule has 5 rings (SSSR count). The molecule has 0 radical (unpaired) electrons. The van der Waals surface area contributed by atoms with Gasteiger partial charge in [-0.1, -0.05) is 24.3 Å². The van der Waals surface area contributed by atoms with E-state index < -0.39 is 0 Å². The molecule has 7 nitrogen and oxygen atoms in total. The summed E-state index contributed by atoms with van der Waals surface area (Å²) in [6, 6.07) is 11.6. The molecule has 3 aromatic rings. The molecule has 1 aliphatic heterocycles. The Morgan fingerprint density at radius 2 is 1.94 bits per heavy atom. The van der Waals surface area contributed by atoms with E-state index in [0.717, 1.165) is 67.0 Å². The topological polar surface area (TPSA) is 80.5 Å². The number of benzene rings is 2. The standard InChI is InChI=1S/C25H28N4O3/c1-16-11-19(20-6-8-23(32-2)22(30)12-20)5-7-21(16)24-27-26-15-29(24)14-17-9-10-28(13-17)25(31)18-3-4-18/h5-8,11-12,15,17-18,30H,3-4,9-10,13-14H2,1-2H3/t17-/m1/s1. The zero-order valence-electron chi connectivity index (χ0n) is 18.5. The monoisotopic (exact) mass is 432 g/mol. The van der Waals surface area contributed by atoms with Crippen LogP contribution in [0.5, 0.6) is 11.5 Å². The van der Waals surface area contributed by atoms with Gasteiger partial charge in [0.25, 0.3) is 0 Å². The molecule has 1 amide bonds. The van der Waals surface area contributed by atoms with E-state index in [1.165, 1.54) is 7.11 Å². The third kappa shape index (κ3) is 3.95. The van der Waals surface area contributed by atoms with Crippen LogP contribution in [0.25, 0.3) is 22.5 Å². The van der Waals surface area contributed by atoms with Crippen molar-refractivity contribution >= 4 is 5.91 Å². The maximum absolute atomic E-state index is 12.4. The molecule has 32 heavy (non-hydrogen) atoms. The Kier molecular flexibility index (Phi) is 5.33. The fraction of sp³-hybridized carbons (Fsp3) is 0.400. The number of carbonyl (C=O) groups is 1. The van der Waals surface area contributed by atoms with Gasteiger partial charge in [-0.05, 0) is 60.9 Å². The summed E-state index contributed by atoms with van der Waals surface area (Å²) in [5, 5.41) is 18.7. The zero-order valence-corrected chi connectivity index (χ0v) is 18.5. The number of carbonyl (C=O) groups excluding carboxylic acids is 1. The number of phenolic OH excluding ortho intramolecular Hbond substituents is 1. The van der Waals surface area contributed by atoms with Crippen molar-refractivity contribution in [3.8, 4) is 34.0 Å². The van der Waals surface area contributed by atoms with Gasteiger partial charge < -0.3 is 19.3 Å². The molecule has 2 heterocycles. The summed E-state index contributed by atoms with van der Waals surface area (Å²) in [4.78, 5) is 14.4. The molecule has 2 aromatic carbocycles. The molecule has 2 aliphatic rings. The molecule has 1 aromatic heterocycles. The van der Waals surface area contributed by atoms with E-state index in [1.807, 2.05) is 17.0 Å². The minimum absolute atomic E-state index is 0.122. The number of likely N-dealkylation sites (tertiary alicyclic amines) is 1. The third-order valence-electron chi connectivity index (χ3n) is 6.57. The maximum atomic E-state index is 12.4. The van der Waals surface area contributed by atoms with Gasteiger partial charge in [0.05, 0.1) is 7.11 Å². The van der Waals surface area contributed by atoms with Gasteiger partial charge in [-0.3, -0.25) is 4.79 Å². The minimum atomic E-state index is 0.122. The van der Waals surface area contributed by atoms with Crippen LogP contribution >= 0.6 is 0 Å². The number of nitrogens with zero attached hydrogens (tertiary/aromatic N) is 4. The van der Waals surface area contributed by atoms with Crippen molar-refractivity contribution < 1.29 is 14.6 Å². The second kappa shape index (κ2) is 8.30. The predicted octanol–water partition coefficient (Wildman–Crippen LogP) is 3.89. The second-order valence-corrected chi connectivity index (χ2v) is 8.94. The van der Waals surface area contributed by atoms with Crippen LogP contribution in [0.3, 0.4) is 0 Å². The lowest BCUT2D eigenvalue weighted by Crippen LogP contribution is -2.30. The van der Waals surface area contributed by atoms with E-state index in [1.54, 1.807) is 18.5 Å². The molecule has 1 aliphatic carbocycles. The zero-order chi connectivity index (χ0) is 22.2. The fourth-order valence-electron chi connectivity index (χ4n) is 4.61. The lowest BCUT2D eigenvalue weighted by molar-refractivity contribution is -0.131. The number of rotatable bonds is 6. The lowest BCUT2D eigenvalue weighted by Gasteiger charge is -2.17. The van der Waals surface area contributed by atoms with Gasteiger partial charge in [-0.15, -0.1) is 10.2 Å². The normalized spacial score (nSPS) is 18.2. The Morgan fingerprint density at radius 1 is 1.16 bits per heavy atom. The summed E-state index contributed by atoms with van der Waals surface area (Å²) in [5.74, 6) is 2.48. The van der Waals surface area contributed by atoms with E-state index in [9.17, 15) is 9.90 Å². The molecular formula is C25H28N4O3. The van der Waals surface area contributed by atoms with Crippen molar-refractivity contribution in [3.63, 3.8) is 0 Å². The van der Waals surface area contributed by atoms with Crippen molar-refractivity contribution in [3.05, 3.63) is 48.3 Å². The first-order chi connectivity index (χ1) is 15.5. The first kappa shape index (κ1) is 20.5. The van der Waals surface area contributed by atoms with Crippen molar-refractivity contribution in [2.45, 2.75) is 32.7 Å². The van der Waals surface area contributed by atoms with Crippen LogP contribution in [0.1, 0.15) is 24.8 Å². The van der Waals surface area contributed by atoms with Gasteiger partial charge in [-0.25, -0.2) is 0 Å². The minimum Gasteiger partial charge on any atom is -0.504 e. The molecule has 0 bridgehead atoms. The van der Waals surface area contributed by atoms with E-state index in [-0.39, 0.29) is 11.7 Å². The Hall–Kier alpha value is -3.35. The van der Waals surface area contributed by atoms with Gasteiger partial charge in [0.2, 0.25) is 5.91 Å². The highest BCUT2D eigenvalue weighted by Crippen LogP contribution is 2.35. The number of hydrogen-bond acceptors (Lipinski definition) is 5. The molecule has 0 unspecified atom stereocenters. The van der Waals surface area contributed by atoms with Crippen LogP contribution in [0.15, 0.2) is 42.7 Å². The number of aromatic nitrogens is 3. The van der Waals surface area contributed by atoms with Crippen LogP contribution in [0.2, 0.25) is 0 Å². The first-order valence-corrected chi connectivity index (χ1v) is 11.2. The number of amides is 1. The van der Waals surface area contributed by atoms with E-state index in [2.05, 4.69) is 33.8 Å². The summed E-state index contributed by atoms with van der Waals surface area (Å²) < 4.78 is 7.25. The highest BCUT2D eigenvalue weighted by atomic mass is 16.5. The number of aryl methyl sites for hydroxylation is 1. The number of hydrogen-bond donors (Lipinski definition) is 1. The van der Waals surface area contributed by atoms with Crippen LogP contribution in [0.4, 0.5) is 0 Å². The number of methoxy groups -OCH3 is 1. The van der Waals surface area contributed by atoms with E-state index in [4.69, 9.17) is 4.74 Å². The Bertz CT molecular complexity index is 1150. The summed E-state index contributed by atoms with van der Waals surface area (Å²) >= 11 is 0. The lowest BCUT2D eigenvalue weighted by atomic mass is 9.99. The average molecular weight is 433 g/mol. The van der Waals surface area contributed by atoms with Crippen LogP contribution in [0, 0.1) is 18.8 Å². The van der Waals surface area contributed by atoms with Gasteiger partial charge in [0, 0.05) is 31.1 Å². The molecule has 1 N–H and O–H groups in total. The average Bonchev–Trinajstić information content (AvgIpc) is 3.38. The Morgan fingerprint density at radius 3 is 2.66 bits per heavy atom. The number of ether oxygens (including phenoxy) is 1. The van der Waals surface area contributed by atoms with Crippen molar-refractivity contribution in [1.29, 1.82) is 0 Å². The molecule has 0 spiro atoms. The van der Waals surface area contributed by atoms with Crippen molar-refractivity contribution in [2.75, 3.05) is 20.2 Å². The Labute approximate surface area is 187 Å². The maximum Gasteiger partial charge on any atom is 0.225 e. The van der Waals surface area contributed by atoms with Crippen molar-refractivity contribution in [1.82, 2.24) is 19.7 Å². The molecule has 1 saturated carbocycles. The Balaban J connectivity index is 1.33. The first-order valence-electron chi connectivity index (χ1n) is 11.2. The molecule has 1 atom stereocenters. The SMILES string of the molecule is COc1ccc(-c2ccc(-c3nncn3C[C@@H]3CCN(C(=O)C4CC4)C3)c(C)c2)cc1O. The van der Waals surface area contributed by atoms with Gasteiger partial charge in [0.1, 0.15) is 6.33 Å². The predicted molar refractivity (Wildman–Crippen MR) is 121 cm³/mol. The third-order valence-corrected chi connectivity index (χ3v) is 6.57. The van der Waals surface area contributed by atoms with E-state index in [0.29, 0.717) is 17.6 Å². The number of phenols is 1. The highest BCUT2D eigenvalue weighted by Gasteiger charge is 2.36. The van der Waals surface area contributed by atoms with E-state index >= 15 is 0 Å². The summed E-state index contributed by atoms with van der Waals surface area (Å²) in [6.07, 6.45) is 4.92. The molecule has 7 heteroatoms. The largest absolute Gasteiger partial charge is 0.504 e. The molecule has 1 saturated heterocycles. The van der Waals surface area contributed by atoms with Gasteiger partial charge in [0.15, 0.2) is 17.3 Å². The number of aromatic hydroxyl groups is 1. The van der Waals surface area contributed by atoms with Crippen LogP contribution in [-0.4, -0.2) is 50.9 Å². The van der Waals surface area contributed by atoms with Crippen LogP contribution < -0.4 is 4.74 Å². The molecule has 2 fully saturated rings. The van der Waals surface area contributed by atoms with Crippen LogP contribution in [-0.2, 0) is 11.3 Å². The fourth-order valence-corrected chi connectivity index (χ4v) is 4.61. The molecular weight excluding hydrogens is 404 g/mol. The van der Waals surface area contributed by atoms with Gasteiger partial charge in [-0.2, -0.15) is 0 Å². The summed E-state index contributed by atoms with van der Waals surface area (Å²) in [6.45, 7) is 4.56. The summed E-state index contributed by atoms with van der Waals surface area (Å²) in [5.41, 5.74) is 4.06.